The van der Waals surface area contributed by atoms with Gasteiger partial charge in [-0.2, -0.15) is 5.10 Å². The molecule has 0 bridgehead atoms. The number of ether oxygens (including phenoxy) is 1. The summed E-state index contributed by atoms with van der Waals surface area (Å²) in [5.74, 6) is 0.809. The fourth-order valence-electron chi connectivity index (χ4n) is 2.31. The summed E-state index contributed by atoms with van der Waals surface area (Å²) < 4.78 is 5.92. The van der Waals surface area contributed by atoms with Crippen molar-refractivity contribution >= 4 is 17.8 Å². The third kappa shape index (κ3) is 5.37. The highest BCUT2D eigenvalue weighted by atomic mass is 35.5. The van der Waals surface area contributed by atoms with E-state index < -0.39 is 0 Å². The van der Waals surface area contributed by atoms with Crippen molar-refractivity contribution in [3.63, 3.8) is 0 Å². The standard InChI is InChI=1S/C21H19ClN2O/c22-20-12-10-17(11-13-20)14-23-24-15-19-8-4-5-9-21(19)25-16-18-6-2-1-3-7-18/h1-13,15,23H,14,16H2/b24-15-. The lowest BCUT2D eigenvalue weighted by Gasteiger charge is -2.09. The van der Waals surface area contributed by atoms with Gasteiger partial charge in [0.1, 0.15) is 12.4 Å². The van der Waals surface area contributed by atoms with Gasteiger partial charge in [0.05, 0.1) is 12.8 Å². The Kier molecular flexibility index (Phi) is 6.07. The highest BCUT2D eigenvalue weighted by Gasteiger charge is 2.01. The van der Waals surface area contributed by atoms with Gasteiger partial charge in [-0.3, -0.25) is 0 Å². The highest BCUT2D eigenvalue weighted by Crippen LogP contribution is 2.17. The minimum Gasteiger partial charge on any atom is -0.488 e. The molecular formula is C21H19ClN2O. The zero-order valence-electron chi connectivity index (χ0n) is 13.7. The van der Waals surface area contributed by atoms with Gasteiger partial charge < -0.3 is 10.2 Å². The van der Waals surface area contributed by atoms with E-state index in [-0.39, 0.29) is 0 Å². The molecule has 0 saturated carbocycles. The molecule has 25 heavy (non-hydrogen) atoms. The van der Waals surface area contributed by atoms with Crippen LogP contribution in [0.4, 0.5) is 0 Å². The Hall–Kier alpha value is -2.78. The number of hydrogen-bond acceptors (Lipinski definition) is 3. The summed E-state index contributed by atoms with van der Waals surface area (Å²) in [7, 11) is 0. The molecule has 3 rings (SSSR count). The SMILES string of the molecule is Clc1ccc(CN/N=C\c2ccccc2OCc2ccccc2)cc1. The van der Waals surface area contributed by atoms with Crippen LogP contribution >= 0.6 is 11.6 Å². The molecule has 0 aliphatic heterocycles. The summed E-state index contributed by atoms with van der Waals surface area (Å²) >= 11 is 5.88. The zero-order chi connectivity index (χ0) is 17.3. The van der Waals surface area contributed by atoms with Crippen LogP contribution in [0.15, 0.2) is 84.0 Å². The molecule has 3 nitrogen and oxygen atoms in total. The minimum absolute atomic E-state index is 0.532. The van der Waals surface area contributed by atoms with E-state index >= 15 is 0 Å². The van der Waals surface area contributed by atoms with Crippen LogP contribution in [0.5, 0.6) is 5.75 Å². The second kappa shape index (κ2) is 8.90. The van der Waals surface area contributed by atoms with Crippen LogP contribution in [0.25, 0.3) is 0 Å². The Balaban J connectivity index is 1.57. The molecule has 0 atom stereocenters. The molecule has 3 aromatic rings. The van der Waals surface area contributed by atoms with Crippen molar-refractivity contribution in [1.82, 2.24) is 5.43 Å². The Morgan fingerprint density at radius 3 is 2.36 bits per heavy atom. The first kappa shape index (κ1) is 17.1. The van der Waals surface area contributed by atoms with E-state index in [2.05, 4.69) is 10.5 Å². The second-order valence-corrected chi connectivity index (χ2v) is 5.97. The van der Waals surface area contributed by atoms with Gasteiger partial charge in [0.15, 0.2) is 0 Å². The maximum absolute atomic E-state index is 5.92. The van der Waals surface area contributed by atoms with Crippen molar-refractivity contribution in [3.8, 4) is 5.75 Å². The van der Waals surface area contributed by atoms with Crippen molar-refractivity contribution in [1.29, 1.82) is 0 Å². The maximum atomic E-state index is 5.92. The molecule has 0 fully saturated rings. The van der Waals surface area contributed by atoms with E-state index in [0.29, 0.717) is 13.2 Å². The zero-order valence-corrected chi connectivity index (χ0v) is 14.5. The fraction of sp³-hybridized carbons (Fsp3) is 0.0952. The van der Waals surface area contributed by atoms with Gasteiger partial charge in [-0.1, -0.05) is 66.2 Å². The monoisotopic (exact) mass is 350 g/mol. The topological polar surface area (TPSA) is 33.6 Å². The molecule has 0 saturated heterocycles. The van der Waals surface area contributed by atoms with Crippen molar-refractivity contribution in [2.45, 2.75) is 13.2 Å². The summed E-state index contributed by atoms with van der Waals surface area (Å²) in [5.41, 5.74) is 6.23. The number of hydrogen-bond donors (Lipinski definition) is 1. The van der Waals surface area contributed by atoms with Gasteiger partial charge in [0, 0.05) is 10.6 Å². The number of rotatable bonds is 7. The predicted octanol–water partition coefficient (Wildman–Crippen LogP) is 5.04. The first-order valence-electron chi connectivity index (χ1n) is 8.07. The quantitative estimate of drug-likeness (QED) is 0.478. The maximum Gasteiger partial charge on any atom is 0.128 e. The smallest absolute Gasteiger partial charge is 0.128 e. The number of para-hydroxylation sites is 1. The molecule has 0 aliphatic rings. The first-order valence-corrected chi connectivity index (χ1v) is 8.45. The van der Waals surface area contributed by atoms with Crippen molar-refractivity contribution in [2.75, 3.05) is 0 Å². The largest absolute Gasteiger partial charge is 0.488 e. The van der Waals surface area contributed by atoms with Gasteiger partial charge in [0.2, 0.25) is 0 Å². The van der Waals surface area contributed by atoms with Crippen LogP contribution < -0.4 is 10.2 Å². The predicted molar refractivity (Wildman–Crippen MR) is 103 cm³/mol. The lowest BCUT2D eigenvalue weighted by Crippen LogP contribution is -2.06. The van der Waals surface area contributed by atoms with Crippen molar-refractivity contribution in [2.24, 2.45) is 5.10 Å². The number of halogens is 1. The number of benzene rings is 3. The molecule has 4 heteroatoms. The number of nitrogens with one attached hydrogen (secondary N) is 1. The Labute approximate surface area is 152 Å². The van der Waals surface area contributed by atoms with Crippen molar-refractivity contribution in [3.05, 3.63) is 101 Å². The van der Waals surface area contributed by atoms with E-state index in [1.54, 1.807) is 6.21 Å². The van der Waals surface area contributed by atoms with E-state index in [9.17, 15) is 0 Å². The van der Waals surface area contributed by atoms with E-state index in [1.165, 1.54) is 0 Å². The Morgan fingerprint density at radius 2 is 1.56 bits per heavy atom. The Bertz CT molecular complexity index is 817. The normalized spacial score (nSPS) is 10.8. The lowest BCUT2D eigenvalue weighted by atomic mass is 10.2. The van der Waals surface area contributed by atoms with Crippen LogP contribution in [0.3, 0.4) is 0 Å². The third-order valence-corrected chi connectivity index (χ3v) is 3.90. The molecule has 0 heterocycles. The van der Waals surface area contributed by atoms with E-state index in [1.807, 2.05) is 78.9 Å². The van der Waals surface area contributed by atoms with Crippen LogP contribution in [0, 0.1) is 0 Å². The summed E-state index contributed by atoms with van der Waals surface area (Å²) in [5, 5.41) is 5.02. The van der Waals surface area contributed by atoms with Gasteiger partial charge >= 0.3 is 0 Å². The van der Waals surface area contributed by atoms with Crippen LogP contribution in [-0.2, 0) is 13.2 Å². The molecule has 0 unspecified atom stereocenters. The summed E-state index contributed by atoms with van der Waals surface area (Å²) in [6.07, 6.45) is 1.77. The summed E-state index contributed by atoms with van der Waals surface area (Å²) in [6.45, 7) is 1.17. The van der Waals surface area contributed by atoms with E-state index in [0.717, 1.165) is 27.5 Å². The average Bonchev–Trinajstić information content (AvgIpc) is 2.66. The molecule has 3 aromatic carbocycles. The molecule has 126 valence electrons. The van der Waals surface area contributed by atoms with Gasteiger partial charge in [-0.15, -0.1) is 0 Å². The van der Waals surface area contributed by atoms with Crippen molar-refractivity contribution < 1.29 is 4.74 Å². The molecule has 0 radical (unpaired) electrons. The molecule has 0 aromatic heterocycles. The molecule has 0 amide bonds. The van der Waals surface area contributed by atoms with Gasteiger partial charge in [-0.05, 0) is 35.4 Å². The number of nitrogens with zero attached hydrogens (tertiary/aromatic N) is 1. The average molecular weight is 351 g/mol. The van der Waals surface area contributed by atoms with Gasteiger partial charge in [-0.25, -0.2) is 0 Å². The van der Waals surface area contributed by atoms with Crippen LogP contribution in [0.2, 0.25) is 5.02 Å². The van der Waals surface area contributed by atoms with Gasteiger partial charge in [0.25, 0.3) is 0 Å². The first-order chi connectivity index (χ1) is 12.3. The molecular weight excluding hydrogens is 332 g/mol. The number of hydrazone groups is 1. The second-order valence-electron chi connectivity index (χ2n) is 5.53. The third-order valence-electron chi connectivity index (χ3n) is 3.65. The van der Waals surface area contributed by atoms with Crippen LogP contribution in [0.1, 0.15) is 16.7 Å². The van der Waals surface area contributed by atoms with Crippen LogP contribution in [-0.4, -0.2) is 6.21 Å². The highest BCUT2D eigenvalue weighted by molar-refractivity contribution is 6.30. The Morgan fingerprint density at radius 1 is 0.840 bits per heavy atom. The molecule has 0 aliphatic carbocycles. The summed E-state index contributed by atoms with van der Waals surface area (Å²) in [4.78, 5) is 0. The minimum atomic E-state index is 0.532. The fourth-order valence-corrected chi connectivity index (χ4v) is 2.43. The summed E-state index contributed by atoms with van der Waals surface area (Å²) in [6, 6.07) is 25.6. The lowest BCUT2D eigenvalue weighted by molar-refractivity contribution is 0.306. The molecule has 0 spiro atoms. The molecule has 1 N–H and O–H groups in total. The van der Waals surface area contributed by atoms with E-state index in [4.69, 9.17) is 16.3 Å².